The molecular weight excluding hydrogens is 290 g/mol. The van der Waals surface area contributed by atoms with E-state index in [1.165, 1.54) is 6.20 Å². The number of carbonyl (C=O) groups excluding carboxylic acids is 1. The molecule has 110 valence electrons. The number of rotatable bonds is 3. The number of hydrogen-bond donors (Lipinski definition) is 1. The molecule has 3 rings (SSSR count). The third-order valence-electron chi connectivity index (χ3n) is 3.70. The van der Waals surface area contributed by atoms with Crippen molar-refractivity contribution in [2.24, 2.45) is 0 Å². The molecule has 1 atom stereocenters. The predicted molar refractivity (Wildman–Crippen MR) is 80.0 cm³/mol. The highest BCUT2D eigenvalue weighted by atomic mass is 35.5. The number of aromatic nitrogens is 3. The lowest BCUT2D eigenvalue weighted by Crippen LogP contribution is -2.45. The van der Waals surface area contributed by atoms with E-state index in [2.05, 4.69) is 24.8 Å². The number of carbonyl (C=O) groups is 1. The van der Waals surface area contributed by atoms with Gasteiger partial charge >= 0.3 is 0 Å². The third kappa shape index (κ3) is 3.06. The molecule has 0 aliphatic carbocycles. The van der Waals surface area contributed by atoms with E-state index in [0.29, 0.717) is 10.8 Å². The van der Waals surface area contributed by atoms with Gasteiger partial charge in [-0.25, -0.2) is 9.97 Å². The molecule has 3 heterocycles. The van der Waals surface area contributed by atoms with Crippen molar-refractivity contribution in [3.8, 4) is 0 Å². The maximum absolute atomic E-state index is 12.3. The van der Waals surface area contributed by atoms with Crippen molar-refractivity contribution in [3.05, 3.63) is 41.6 Å². The Bertz CT molecular complexity index is 639. The highest BCUT2D eigenvalue weighted by Crippen LogP contribution is 2.15. The number of hydrogen-bond acceptors (Lipinski definition) is 4. The Morgan fingerprint density at radius 1 is 1.38 bits per heavy atom. The third-order valence-corrected chi connectivity index (χ3v) is 3.92. The zero-order chi connectivity index (χ0) is 14.8. The molecule has 21 heavy (non-hydrogen) atoms. The minimum absolute atomic E-state index is 0.0715. The fraction of sp³-hybridized carbons (Fsp3) is 0.357. The van der Waals surface area contributed by atoms with Crippen molar-refractivity contribution in [3.63, 3.8) is 0 Å². The van der Waals surface area contributed by atoms with Crippen LogP contribution in [-0.2, 0) is 17.9 Å². The SMILES string of the molecule is CC(C(=O)Nc1ccc(Cl)cn1)N1CCn2cncc2C1. The second kappa shape index (κ2) is 5.83. The maximum Gasteiger partial charge on any atom is 0.242 e. The molecule has 7 heteroatoms. The monoisotopic (exact) mass is 305 g/mol. The van der Waals surface area contributed by atoms with Crippen molar-refractivity contribution in [1.29, 1.82) is 0 Å². The van der Waals surface area contributed by atoms with Gasteiger partial charge in [0.05, 0.1) is 23.1 Å². The first-order chi connectivity index (χ1) is 10.1. The summed E-state index contributed by atoms with van der Waals surface area (Å²) in [4.78, 5) is 22.6. The molecule has 1 N–H and O–H groups in total. The van der Waals surface area contributed by atoms with Gasteiger partial charge in [-0.15, -0.1) is 0 Å². The minimum Gasteiger partial charge on any atom is -0.332 e. The van der Waals surface area contributed by atoms with Crippen LogP contribution in [0.4, 0.5) is 5.82 Å². The Kier molecular flexibility index (Phi) is 3.90. The fourth-order valence-electron chi connectivity index (χ4n) is 2.38. The predicted octanol–water partition coefficient (Wildman–Crippen LogP) is 1.77. The zero-order valence-corrected chi connectivity index (χ0v) is 12.4. The van der Waals surface area contributed by atoms with E-state index < -0.39 is 0 Å². The lowest BCUT2D eigenvalue weighted by atomic mass is 10.2. The van der Waals surface area contributed by atoms with E-state index in [1.807, 2.05) is 19.4 Å². The maximum atomic E-state index is 12.3. The van der Waals surface area contributed by atoms with Crippen LogP contribution in [-0.4, -0.2) is 37.9 Å². The number of fused-ring (bicyclic) bond motifs is 1. The Balaban J connectivity index is 1.64. The van der Waals surface area contributed by atoms with Crippen molar-refractivity contribution in [1.82, 2.24) is 19.4 Å². The topological polar surface area (TPSA) is 63.1 Å². The summed E-state index contributed by atoms with van der Waals surface area (Å²) in [5, 5.41) is 3.36. The van der Waals surface area contributed by atoms with Gasteiger partial charge < -0.3 is 9.88 Å². The van der Waals surface area contributed by atoms with E-state index in [-0.39, 0.29) is 11.9 Å². The summed E-state index contributed by atoms with van der Waals surface area (Å²) in [5.74, 6) is 0.441. The zero-order valence-electron chi connectivity index (χ0n) is 11.7. The van der Waals surface area contributed by atoms with Gasteiger partial charge in [0.25, 0.3) is 0 Å². The van der Waals surface area contributed by atoms with Gasteiger partial charge in [-0.2, -0.15) is 0 Å². The largest absolute Gasteiger partial charge is 0.332 e. The van der Waals surface area contributed by atoms with Crippen LogP contribution in [0, 0.1) is 0 Å². The molecule has 2 aromatic rings. The van der Waals surface area contributed by atoms with E-state index in [9.17, 15) is 4.79 Å². The first-order valence-corrected chi connectivity index (χ1v) is 7.17. The molecule has 1 aliphatic rings. The lowest BCUT2D eigenvalue weighted by Gasteiger charge is -2.32. The quantitative estimate of drug-likeness (QED) is 0.939. The van der Waals surface area contributed by atoms with E-state index in [4.69, 9.17) is 11.6 Å². The number of anilines is 1. The van der Waals surface area contributed by atoms with E-state index >= 15 is 0 Å². The van der Waals surface area contributed by atoms with Crippen molar-refractivity contribution in [2.75, 3.05) is 11.9 Å². The van der Waals surface area contributed by atoms with Crippen LogP contribution >= 0.6 is 11.6 Å². The molecule has 0 bridgehead atoms. The van der Waals surface area contributed by atoms with Crippen LogP contribution in [0.5, 0.6) is 0 Å². The highest BCUT2D eigenvalue weighted by Gasteiger charge is 2.25. The summed E-state index contributed by atoms with van der Waals surface area (Å²) >= 11 is 5.78. The Morgan fingerprint density at radius 3 is 3.00 bits per heavy atom. The summed E-state index contributed by atoms with van der Waals surface area (Å²) in [7, 11) is 0. The van der Waals surface area contributed by atoms with Gasteiger partial charge in [0, 0.05) is 32.0 Å². The van der Waals surface area contributed by atoms with E-state index in [1.54, 1.807) is 12.1 Å². The van der Waals surface area contributed by atoms with Gasteiger partial charge in [0.1, 0.15) is 5.82 Å². The summed E-state index contributed by atoms with van der Waals surface area (Å²) in [5.41, 5.74) is 1.13. The molecular formula is C14H16ClN5O. The minimum atomic E-state index is -0.230. The fourth-order valence-corrected chi connectivity index (χ4v) is 2.49. The van der Waals surface area contributed by atoms with Crippen LogP contribution in [0.2, 0.25) is 5.02 Å². The van der Waals surface area contributed by atoms with Gasteiger partial charge in [-0.3, -0.25) is 9.69 Å². The first-order valence-electron chi connectivity index (χ1n) is 6.79. The average molecular weight is 306 g/mol. The molecule has 1 unspecified atom stereocenters. The molecule has 0 spiro atoms. The molecule has 0 fully saturated rings. The number of nitrogens with zero attached hydrogens (tertiary/aromatic N) is 4. The van der Waals surface area contributed by atoms with Crippen LogP contribution in [0.25, 0.3) is 0 Å². The first kappa shape index (κ1) is 14.0. The summed E-state index contributed by atoms with van der Waals surface area (Å²) in [6.07, 6.45) is 5.19. The highest BCUT2D eigenvalue weighted by molar-refractivity contribution is 6.30. The molecule has 0 saturated heterocycles. The number of nitrogens with one attached hydrogen (secondary N) is 1. The van der Waals surface area contributed by atoms with Gasteiger partial charge in [-0.1, -0.05) is 11.6 Å². The number of pyridine rings is 1. The molecule has 1 amide bonds. The standard InChI is InChI=1S/C14H16ClN5O/c1-10(14(21)18-13-3-2-11(15)6-17-13)19-4-5-20-9-16-7-12(20)8-19/h2-3,6-7,9-10H,4-5,8H2,1H3,(H,17,18,21). The molecule has 2 aromatic heterocycles. The molecule has 6 nitrogen and oxygen atoms in total. The summed E-state index contributed by atoms with van der Waals surface area (Å²) < 4.78 is 2.11. The number of halogens is 1. The van der Waals surface area contributed by atoms with Gasteiger partial charge in [0.15, 0.2) is 0 Å². The van der Waals surface area contributed by atoms with Crippen molar-refractivity contribution < 1.29 is 4.79 Å². The van der Waals surface area contributed by atoms with E-state index in [0.717, 1.165) is 25.3 Å². The van der Waals surface area contributed by atoms with Gasteiger partial charge in [0.2, 0.25) is 5.91 Å². The van der Waals surface area contributed by atoms with Crippen molar-refractivity contribution in [2.45, 2.75) is 26.1 Å². The normalized spacial score (nSPS) is 16.3. The number of imidazole rings is 1. The van der Waals surface area contributed by atoms with Crippen LogP contribution in [0.1, 0.15) is 12.6 Å². The summed E-state index contributed by atoms with van der Waals surface area (Å²) in [6.45, 7) is 4.30. The summed E-state index contributed by atoms with van der Waals surface area (Å²) in [6, 6.07) is 3.16. The lowest BCUT2D eigenvalue weighted by molar-refractivity contribution is -0.121. The Hall–Kier alpha value is -1.92. The Morgan fingerprint density at radius 2 is 2.24 bits per heavy atom. The van der Waals surface area contributed by atoms with Crippen LogP contribution in [0.3, 0.4) is 0 Å². The second-order valence-electron chi connectivity index (χ2n) is 5.08. The second-order valence-corrected chi connectivity index (χ2v) is 5.51. The smallest absolute Gasteiger partial charge is 0.242 e. The average Bonchev–Trinajstić information content (AvgIpc) is 2.96. The van der Waals surface area contributed by atoms with Crippen LogP contribution in [0.15, 0.2) is 30.9 Å². The molecule has 1 aliphatic heterocycles. The number of amides is 1. The molecule has 0 saturated carbocycles. The van der Waals surface area contributed by atoms with Crippen LogP contribution < -0.4 is 5.32 Å². The molecule has 0 aromatic carbocycles. The van der Waals surface area contributed by atoms with Gasteiger partial charge in [-0.05, 0) is 19.1 Å². The molecule has 0 radical (unpaired) electrons. The van der Waals surface area contributed by atoms with Crippen molar-refractivity contribution >= 4 is 23.3 Å². The Labute approximate surface area is 127 Å².